The van der Waals surface area contributed by atoms with Crippen molar-refractivity contribution in [1.82, 2.24) is 23.7 Å². The topological polar surface area (TPSA) is 40.6 Å². The molecular weight excluding hydrogens is 1150 g/mol. The fourth-order valence-corrected chi connectivity index (χ4v) is 14.8. The van der Waals surface area contributed by atoms with Crippen LogP contribution in [-0.4, -0.2) is 23.7 Å². The molecule has 5 aromatic heterocycles. The van der Waals surface area contributed by atoms with E-state index in [1.165, 1.54) is 0 Å². The van der Waals surface area contributed by atoms with Crippen molar-refractivity contribution < 1.29 is 0 Å². The van der Waals surface area contributed by atoms with Crippen molar-refractivity contribution in [3.8, 4) is 106 Å². The first-order chi connectivity index (χ1) is 46.9. The molecule has 5 nitrogen and oxygen atoms in total. The van der Waals surface area contributed by atoms with Gasteiger partial charge in [0, 0.05) is 54.8 Å². The predicted octanol–water partition coefficient (Wildman–Crippen LogP) is 23.7. The minimum atomic E-state index is 0.791. The first-order valence-electron chi connectivity index (χ1n) is 32.6. The molecule has 5 heterocycles. The van der Waals surface area contributed by atoms with E-state index in [-0.39, 0.29) is 0 Å². The van der Waals surface area contributed by atoms with E-state index in [0.717, 1.165) is 183 Å². The van der Waals surface area contributed by atoms with Crippen LogP contribution in [0.15, 0.2) is 334 Å². The third-order valence-corrected chi connectivity index (χ3v) is 19.3. The average Bonchev–Trinajstić information content (AvgIpc) is 1.56. The summed E-state index contributed by atoms with van der Waals surface area (Å²) in [5.74, 6) is 0.791. The highest BCUT2D eigenvalue weighted by Crippen LogP contribution is 2.49. The predicted molar refractivity (Wildman–Crippen MR) is 398 cm³/mol. The molecule has 13 aromatic carbocycles. The molecule has 0 aliphatic heterocycles. The standard InChI is InChI=1S/C90H61N5/c1-58-36-43-74(59(2)92-58)72-34-21-35-73(50-72)88-87(93-81-44-37-66(60-22-9-3-10-23-60)51-75(81)76-52-67(38-45-82(76)93)61-24-11-4-12-25-61)57-91-90(95-85-48-41-70(64-30-17-7-18-31-64)55-79(85)80-56-71(42-49-86(80)95)65-32-19-8-20-33-65)89(88)94-83-46-39-68(62-26-13-5-14-27-62)53-77(83)78-54-69(40-47-84(78)94)63-28-15-6-16-29-63/h3-57H,1-2H3. The van der Waals surface area contributed by atoms with Gasteiger partial charge in [0.1, 0.15) is 0 Å². The Balaban J connectivity index is 1.03. The van der Waals surface area contributed by atoms with Crippen LogP contribution in [0.25, 0.3) is 172 Å². The summed E-state index contributed by atoms with van der Waals surface area (Å²) in [6, 6.07) is 120. The summed E-state index contributed by atoms with van der Waals surface area (Å²) in [7, 11) is 0. The van der Waals surface area contributed by atoms with E-state index in [2.05, 4.69) is 361 Å². The van der Waals surface area contributed by atoms with E-state index >= 15 is 0 Å². The van der Waals surface area contributed by atoms with Gasteiger partial charge in [0.2, 0.25) is 0 Å². The molecule has 0 saturated carbocycles. The Hall–Kier alpha value is -12.4. The van der Waals surface area contributed by atoms with Crippen molar-refractivity contribution >= 4 is 65.4 Å². The quantitative estimate of drug-likeness (QED) is 0.129. The van der Waals surface area contributed by atoms with Crippen LogP contribution in [0.1, 0.15) is 11.4 Å². The van der Waals surface area contributed by atoms with Gasteiger partial charge in [0.15, 0.2) is 5.82 Å². The molecule has 18 rings (SSSR count). The van der Waals surface area contributed by atoms with Crippen LogP contribution in [0.3, 0.4) is 0 Å². The third kappa shape index (κ3) is 9.46. The summed E-state index contributed by atoms with van der Waals surface area (Å²) in [6.07, 6.45) is 2.16. The Kier molecular flexibility index (Phi) is 13.3. The number of pyridine rings is 2. The first-order valence-corrected chi connectivity index (χ1v) is 32.6. The lowest BCUT2D eigenvalue weighted by Gasteiger charge is -2.24. The Bertz CT molecular complexity index is 5720. The Morgan fingerprint density at radius 3 is 0.884 bits per heavy atom. The van der Waals surface area contributed by atoms with Gasteiger partial charge in [0.05, 0.1) is 50.7 Å². The lowest BCUT2D eigenvalue weighted by atomic mass is 9.96. The van der Waals surface area contributed by atoms with Gasteiger partial charge in [-0.3, -0.25) is 9.55 Å². The van der Waals surface area contributed by atoms with Gasteiger partial charge in [0.25, 0.3) is 0 Å². The normalized spacial score (nSPS) is 11.7. The monoisotopic (exact) mass is 1210 g/mol. The smallest absolute Gasteiger partial charge is 0.162 e. The fourth-order valence-electron chi connectivity index (χ4n) is 14.8. The summed E-state index contributed by atoms with van der Waals surface area (Å²) in [5, 5.41) is 6.84. The van der Waals surface area contributed by atoms with E-state index in [0.29, 0.717) is 0 Å². The fraction of sp³-hybridized carbons (Fsp3) is 0.0222. The molecule has 0 N–H and O–H groups in total. The van der Waals surface area contributed by atoms with E-state index in [1.54, 1.807) is 0 Å². The summed E-state index contributed by atoms with van der Waals surface area (Å²) < 4.78 is 7.49. The SMILES string of the molecule is Cc1ccc(-c2cccc(-c3c(-n4c5ccc(-c6ccccc6)cc5c5cc(-c6ccccc6)ccc54)cnc(-n4c5ccc(-c6ccccc6)cc5c5cc(-c6ccccc6)ccc54)c3-n3c4ccc(-c5ccccc5)cc4c4cc(-c5ccccc5)ccc43)c2)c(C)n1. The number of benzene rings is 13. The van der Waals surface area contributed by atoms with Gasteiger partial charge in [-0.25, -0.2) is 4.98 Å². The van der Waals surface area contributed by atoms with Gasteiger partial charge < -0.3 is 9.13 Å². The maximum atomic E-state index is 6.08. The molecule has 0 fully saturated rings. The largest absolute Gasteiger partial charge is 0.307 e. The van der Waals surface area contributed by atoms with Gasteiger partial charge in [-0.1, -0.05) is 243 Å². The zero-order valence-electron chi connectivity index (χ0n) is 52.5. The zero-order valence-corrected chi connectivity index (χ0v) is 52.5. The zero-order chi connectivity index (χ0) is 63.1. The number of nitrogens with zero attached hydrogens (tertiary/aromatic N) is 5. The molecule has 5 heteroatoms. The van der Waals surface area contributed by atoms with Crippen molar-refractivity contribution in [3.05, 3.63) is 345 Å². The summed E-state index contributed by atoms with van der Waals surface area (Å²) in [6.45, 7) is 4.20. The number of hydrogen-bond acceptors (Lipinski definition) is 2. The van der Waals surface area contributed by atoms with Crippen molar-refractivity contribution in [1.29, 1.82) is 0 Å². The maximum Gasteiger partial charge on any atom is 0.162 e. The summed E-state index contributed by atoms with van der Waals surface area (Å²) >= 11 is 0. The molecule has 0 saturated heterocycles. The molecule has 0 unspecified atom stereocenters. The highest BCUT2D eigenvalue weighted by molar-refractivity contribution is 6.16. The molecule has 0 amide bonds. The summed E-state index contributed by atoms with van der Waals surface area (Å²) in [4.78, 5) is 11.1. The maximum absolute atomic E-state index is 6.08. The number of aromatic nitrogens is 5. The second kappa shape index (κ2) is 22.7. The lowest BCUT2D eigenvalue weighted by Crippen LogP contribution is -2.11. The lowest BCUT2D eigenvalue weighted by molar-refractivity contribution is 1.01. The van der Waals surface area contributed by atoms with E-state index in [1.807, 2.05) is 0 Å². The molecule has 95 heavy (non-hydrogen) atoms. The molecule has 0 atom stereocenters. The van der Waals surface area contributed by atoms with Crippen LogP contribution in [0.5, 0.6) is 0 Å². The Morgan fingerprint density at radius 2 is 0.547 bits per heavy atom. The van der Waals surface area contributed by atoms with Gasteiger partial charge >= 0.3 is 0 Å². The van der Waals surface area contributed by atoms with Crippen LogP contribution in [0.4, 0.5) is 0 Å². The number of rotatable bonds is 11. The highest BCUT2D eigenvalue weighted by atomic mass is 15.1. The molecule has 0 spiro atoms. The van der Waals surface area contributed by atoms with Crippen molar-refractivity contribution in [2.45, 2.75) is 13.8 Å². The van der Waals surface area contributed by atoms with Crippen LogP contribution in [0, 0.1) is 13.8 Å². The van der Waals surface area contributed by atoms with Crippen LogP contribution >= 0.6 is 0 Å². The average molecular weight is 1210 g/mol. The van der Waals surface area contributed by atoms with Gasteiger partial charge in [-0.15, -0.1) is 0 Å². The van der Waals surface area contributed by atoms with Crippen molar-refractivity contribution in [3.63, 3.8) is 0 Å². The second-order valence-corrected chi connectivity index (χ2v) is 25.0. The Labute approximate surface area is 551 Å². The van der Waals surface area contributed by atoms with Gasteiger partial charge in [-0.2, -0.15) is 0 Å². The van der Waals surface area contributed by atoms with Crippen molar-refractivity contribution in [2.75, 3.05) is 0 Å². The van der Waals surface area contributed by atoms with Gasteiger partial charge in [-0.05, 0) is 177 Å². The van der Waals surface area contributed by atoms with Crippen molar-refractivity contribution in [2.24, 2.45) is 0 Å². The molecular formula is C90H61N5. The number of hydrogen-bond donors (Lipinski definition) is 0. The molecule has 0 radical (unpaired) electrons. The second-order valence-electron chi connectivity index (χ2n) is 25.0. The first kappa shape index (κ1) is 55.4. The van der Waals surface area contributed by atoms with Crippen LogP contribution in [0.2, 0.25) is 0 Å². The van der Waals surface area contributed by atoms with E-state index in [4.69, 9.17) is 9.97 Å². The molecule has 18 aromatic rings. The molecule has 0 bridgehead atoms. The Morgan fingerprint density at radius 1 is 0.242 bits per heavy atom. The highest BCUT2D eigenvalue weighted by Gasteiger charge is 2.30. The van der Waals surface area contributed by atoms with E-state index in [9.17, 15) is 0 Å². The minimum Gasteiger partial charge on any atom is -0.307 e. The molecule has 446 valence electrons. The summed E-state index contributed by atoms with van der Waals surface area (Å²) in [5.41, 5.74) is 28.2. The number of aryl methyl sites for hydroxylation is 2. The molecule has 0 aliphatic carbocycles. The number of fused-ring (bicyclic) bond motifs is 9. The van der Waals surface area contributed by atoms with Crippen LogP contribution < -0.4 is 0 Å². The molecule has 0 aliphatic rings. The minimum absolute atomic E-state index is 0.791. The van der Waals surface area contributed by atoms with Crippen LogP contribution in [-0.2, 0) is 0 Å². The van der Waals surface area contributed by atoms with E-state index < -0.39 is 0 Å². The third-order valence-electron chi connectivity index (χ3n) is 19.3.